The molecule has 2 aromatic rings. The fraction of sp³-hybridized carbons (Fsp3) is 0.391. The molecule has 1 heterocycles. The average Bonchev–Trinajstić information content (AvgIpc) is 3.05. The number of amides is 1. The number of Topliss-reactive ketones (excluding diaryl/α,β-unsaturated/α-hetero) is 1. The van der Waals surface area contributed by atoms with Crippen molar-refractivity contribution in [1.82, 2.24) is 4.90 Å². The second kappa shape index (κ2) is 7.95. The fourth-order valence-corrected chi connectivity index (χ4v) is 4.56. The van der Waals surface area contributed by atoms with Crippen LogP contribution in [-0.4, -0.2) is 29.4 Å². The molecule has 140 valence electrons. The summed E-state index contributed by atoms with van der Waals surface area (Å²) >= 11 is 0. The minimum absolute atomic E-state index is 0.125. The molecule has 3 atom stereocenters. The lowest BCUT2D eigenvalue weighted by molar-refractivity contribution is -0.122. The first-order valence-corrected chi connectivity index (χ1v) is 9.73. The fourth-order valence-electron chi connectivity index (χ4n) is 4.56. The van der Waals surface area contributed by atoms with Crippen LogP contribution in [-0.2, 0) is 22.6 Å². The van der Waals surface area contributed by atoms with Crippen LogP contribution in [0.15, 0.2) is 60.7 Å². The Morgan fingerprint density at radius 2 is 1.67 bits per heavy atom. The highest BCUT2D eigenvalue weighted by Gasteiger charge is 2.47. The lowest BCUT2D eigenvalue weighted by Gasteiger charge is -2.31. The van der Waals surface area contributed by atoms with Crippen molar-refractivity contribution in [2.24, 2.45) is 11.8 Å². The van der Waals surface area contributed by atoms with Crippen molar-refractivity contribution in [3.05, 3.63) is 71.8 Å². The van der Waals surface area contributed by atoms with Crippen LogP contribution in [0, 0.1) is 11.8 Å². The minimum atomic E-state index is -0.251. The largest absolute Gasteiger partial charge is 0.445 e. The number of ketones is 1. The molecule has 2 fully saturated rings. The first-order valence-electron chi connectivity index (χ1n) is 9.73. The summed E-state index contributed by atoms with van der Waals surface area (Å²) < 4.78 is 5.59. The molecule has 0 N–H and O–H groups in total. The van der Waals surface area contributed by atoms with Crippen LogP contribution in [0.4, 0.5) is 4.79 Å². The van der Waals surface area contributed by atoms with Crippen molar-refractivity contribution in [3.8, 4) is 0 Å². The van der Waals surface area contributed by atoms with Crippen molar-refractivity contribution in [2.75, 3.05) is 6.54 Å². The van der Waals surface area contributed by atoms with E-state index in [-0.39, 0.29) is 24.7 Å². The smallest absolute Gasteiger partial charge is 0.410 e. The quantitative estimate of drug-likeness (QED) is 0.816. The third-order valence-corrected chi connectivity index (χ3v) is 5.89. The summed E-state index contributed by atoms with van der Waals surface area (Å²) in [6.07, 6.45) is 2.57. The Bertz CT molecular complexity index is 790. The molecule has 4 heteroatoms. The third kappa shape index (κ3) is 4.05. The number of benzene rings is 2. The van der Waals surface area contributed by atoms with E-state index in [4.69, 9.17) is 4.74 Å². The molecular weight excluding hydrogens is 338 g/mol. The van der Waals surface area contributed by atoms with E-state index in [0.717, 1.165) is 18.4 Å². The number of nitrogens with zero attached hydrogens (tertiary/aromatic N) is 1. The van der Waals surface area contributed by atoms with E-state index in [1.807, 2.05) is 53.4 Å². The Hall–Kier alpha value is -2.62. The molecule has 0 bridgehead atoms. The highest BCUT2D eigenvalue weighted by molar-refractivity contribution is 5.80. The van der Waals surface area contributed by atoms with E-state index in [0.29, 0.717) is 31.1 Å². The molecule has 1 amide bonds. The van der Waals surface area contributed by atoms with Crippen LogP contribution in [0.25, 0.3) is 0 Å². The predicted octanol–water partition coefficient (Wildman–Crippen LogP) is 4.24. The third-order valence-electron chi connectivity index (χ3n) is 5.89. The maximum absolute atomic E-state index is 12.8. The number of likely N-dealkylation sites (tertiary alicyclic amines) is 1. The van der Waals surface area contributed by atoms with Crippen LogP contribution >= 0.6 is 0 Å². The standard InChI is InChI=1S/C23H25NO3/c25-20-11-12-22-21(14-20)19(13-17-7-3-1-4-8-17)15-24(22)23(26)27-16-18-9-5-2-6-10-18/h1-10,19,21-22H,11-16H2/t19-,21+,22-/m1/s1. The van der Waals surface area contributed by atoms with Crippen LogP contribution in [0.5, 0.6) is 0 Å². The maximum Gasteiger partial charge on any atom is 0.410 e. The summed E-state index contributed by atoms with van der Waals surface area (Å²) in [5.41, 5.74) is 2.25. The van der Waals surface area contributed by atoms with Gasteiger partial charge in [0.05, 0.1) is 0 Å². The Kier molecular flexibility index (Phi) is 5.23. The zero-order valence-electron chi connectivity index (χ0n) is 15.4. The molecule has 0 spiro atoms. The van der Waals surface area contributed by atoms with Gasteiger partial charge >= 0.3 is 6.09 Å². The van der Waals surface area contributed by atoms with Gasteiger partial charge in [-0.15, -0.1) is 0 Å². The maximum atomic E-state index is 12.8. The summed E-state index contributed by atoms with van der Waals surface area (Å²) in [7, 11) is 0. The van der Waals surface area contributed by atoms with Crippen LogP contribution in [0.2, 0.25) is 0 Å². The molecule has 1 saturated carbocycles. The van der Waals surface area contributed by atoms with Crippen LogP contribution in [0.3, 0.4) is 0 Å². The number of rotatable bonds is 4. The Morgan fingerprint density at radius 3 is 2.37 bits per heavy atom. The first-order chi connectivity index (χ1) is 13.2. The molecule has 27 heavy (non-hydrogen) atoms. The van der Waals surface area contributed by atoms with Crippen molar-refractivity contribution in [3.63, 3.8) is 0 Å². The number of fused-ring (bicyclic) bond motifs is 1. The first kappa shape index (κ1) is 17.8. The molecule has 1 saturated heterocycles. The monoisotopic (exact) mass is 363 g/mol. The van der Waals surface area contributed by atoms with Gasteiger partial charge in [0.15, 0.2) is 0 Å². The highest BCUT2D eigenvalue weighted by atomic mass is 16.6. The topological polar surface area (TPSA) is 46.6 Å². The summed E-state index contributed by atoms with van der Waals surface area (Å²) in [5.74, 6) is 0.885. The van der Waals surface area contributed by atoms with Gasteiger partial charge < -0.3 is 9.64 Å². The van der Waals surface area contributed by atoms with E-state index in [1.54, 1.807) is 0 Å². The lowest BCUT2D eigenvalue weighted by Crippen LogP contribution is -2.41. The van der Waals surface area contributed by atoms with E-state index in [1.165, 1.54) is 5.56 Å². The molecule has 0 aromatic heterocycles. The molecule has 2 aliphatic rings. The van der Waals surface area contributed by atoms with Crippen LogP contribution in [0.1, 0.15) is 30.4 Å². The molecule has 0 unspecified atom stereocenters. The highest BCUT2D eigenvalue weighted by Crippen LogP contribution is 2.40. The van der Waals surface area contributed by atoms with E-state index in [2.05, 4.69) is 12.1 Å². The SMILES string of the molecule is O=C1CC[C@@H]2[C@@H](C1)[C@H](Cc1ccccc1)CN2C(=O)OCc1ccccc1. The van der Waals surface area contributed by atoms with Gasteiger partial charge in [0.25, 0.3) is 0 Å². The van der Waals surface area contributed by atoms with Gasteiger partial charge in [-0.1, -0.05) is 60.7 Å². The molecule has 4 nitrogen and oxygen atoms in total. The summed E-state index contributed by atoms with van der Waals surface area (Å²) in [6, 6.07) is 20.2. The summed E-state index contributed by atoms with van der Waals surface area (Å²) in [6.45, 7) is 0.959. The van der Waals surface area contributed by atoms with E-state index in [9.17, 15) is 9.59 Å². The molecular formula is C23H25NO3. The van der Waals surface area contributed by atoms with Gasteiger partial charge in [0, 0.05) is 25.4 Å². The van der Waals surface area contributed by atoms with Crippen molar-refractivity contribution in [1.29, 1.82) is 0 Å². The molecule has 1 aliphatic heterocycles. The Balaban J connectivity index is 1.45. The zero-order valence-corrected chi connectivity index (χ0v) is 15.4. The molecule has 0 radical (unpaired) electrons. The number of hydrogen-bond acceptors (Lipinski definition) is 3. The summed E-state index contributed by atoms with van der Waals surface area (Å²) in [4.78, 5) is 26.7. The predicted molar refractivity (Wildman–Crippen MR) is 103 cm³/mol. The minimum Gasteiger partial charge on any atom is -0.445 e. The second-order valence-corrected chi connectivity index (χ2v) is 7.66. The van der Waals surface area contributed by atoms with E-state index < -0.39 is 0 Å². The van der Waals surface area contributed by atoms with Crippen molar-refractivity contribution in [2.45, 2.75) is 38.3 Å². The molecule has 4 rings (SSSR count). The van der Waals surface area contributed by atoms with Gasteiger partial charge in [0.2, 0.25) is 0 Å². The summed E-state index contributed by atoms with van der Waals surface area (Å²) in [5, 5.41) is 0. The van der Waals surface area contributed by atoms with Gasteiger partial charge in [-0.05, 0) is 35.8 Å². The van der Waals surface area contributed by atoms with Gasteiger partial charge in [-0.3, -0.25) is 4.79 Å². The number of ether oxygens (including phenoxy) is 1. The zero-order chi connectivity index (χ0) is 18.6. The van der Waals surface area contributed by atoms with Crippen molar-refractivity contribution >= 4 is 11.9 Å². The molecule has 2 aromatic carbocycles. The van der Waals surface area contributed by atoms with Crippen molar-refractivity contribution < 1.29 is 14.3 Å². The Morgan fingerprint density at radius 1 is 1.00 bits per heavy atom. The molecule has 1 aliphatic carbocycles. The van der Waals surface area contributed by atoms with E-state index >= 15 is 0 Å². The number of carbonyl (C=O) groups excluding carboxylic acids is 2. The lowest BCUT2D eigenvalue weighted by atomic mass is 9.77. The second-order valence-electron chi connectivity index (χ2n) is 7.66. The Labute approximate surface area is 160 Å². The van der Waals surface area contributed by atoms with Gasteiger partial charge in [0.1, 0.15) is 12.4 Å². The average molecular weight is 363 g/mol. The van der Waals surface area contributed by atoms with Crippen LogP contribution < -0.4 is 0 Å². The van der Waals surface area contributed by atoms with Gasteiger partial charge in [-0.25, -0.2) is 4.79 Å². The normalized spacial score (nSPS) is 24.5. The van der Waals surface area contributed by atoms with Gasteiger partial charge in [-0.2, -0.15) is 0 Å². The number of carbonyl (C=O) groups is 2. The number of hydrogen-bond donors (Lipinski definition) is 0.